The molecule has 118 valence electrons. The van der Waals surface area contributed by atoms with E-state index in [0.29, 0.717) is 18.0 Å². The molecule has 5 nitrogen and oxygen atoms in total. The van der Waals surface area contributed by atoms with Crippen molar-refractivity contribution in [3.8, 4) is 12.3 Å². The van der Waals surface area contributed by atoms with Crippen LogP contribution in [0.3, 0.4) is 0 Å². The summed E-state index contributed by atoms with van der Waals surface area (Å²) >= 11 is 0. The molecule has 1 N–H and O–H groups in total. The number of nitrogens with one attached hydrogen (secondary N) is 1. The first-order valence-electron chi connectivity index (χ1n) is 7.34. The molecule has 0 unspecified atom stereocenters. The van der Waals surface area contributed by atoms with Crippen molar-refractivity contribution in [1.29, 1.82) is 0 Å². The average Bonchev–Trinajstić information content (AvgIpc) is 2.88. The highest BCUT2D eigenvalue weighted by Crippen LogP contribution is 2.19. The molecule has 0 aliphatic carbocycles. The topological polar surface area (TPSA) is 54.3 Å². The third-order valence-corrected chi connectivity index (χ3v) is 5.05. The van der Waals surface area contributed by atoms with E-state index >= 15 is 0 Å². The van der Waals surface area contributed by atoms with Gasteiger partial charge >= 0.3 is 0 Å². The van der Waals surface area contributed by atoms with E-state index in [4.69, 9.17) is 6.42 Å². The first-order valence-corrected chi connectivity index (χ1v) is 8.78. The fourth-order valence-corrected chi connectivity index (χ4v) is 3.66. The maximum absolute atomic E-state index is 12.7. The first kappa shape index (κ1) is 17.8. The normalized spacial score (nSPS) is 11.8. The summed E-state index contributed by atoms with van der Waals surface area (Å²) in [7, 11) is -3.52. The first-order chi connectivity index (χ1) is 10.0. The molecular weight excluding hydrogens is 286 g/mol. The van der Waals surface area contributed by atoms with Gasteiger partial charge in [-0.25, -0.2) is 8.42 Å². The quantitative estimate of drug-likeness (QED) is 0.706. The molecule has 0 aliphatic heterocycles. The Morgan fingerprint density at radius 1 is 1.38 bits per heavy atom. The van der Waals surface area contributed by atoms with Gasteiger partial charge in [-0.05, 0) is 26.0 Å². The van der Waals surface area contributed by atoms with E-state index in [1.807, 2.05) is 25.3 Å². The second kappa shape index (κ2) is 8.23. The van der Waals surface area contributed by atoms with Gasteiger partial charge < -0.3 is 9.88 Å². The second-order valence-electron chi connectivity index (χ2n) is 4.78. The molecule has 0 aromatic carbocycles. The summed E-state index contributed by atoms with van der Waals surface area (Å²) in [6, 6.07) is 1.74. The van der Waals surface area contributed by atoms with Crippen molar-refractivity contribution in [2.45, 2.75) is 45.2 Å². The Morgan fingerprint density at radius 2 is 2.10 bits per heavy atom. The molecule has 0 spiro atoms. The lowest BCUT2D eigenvalue weighted by Crippen LogP contribution is -2.32. The van der Waals surface area contributed by atoms with Crippen molar-refractivity contribution < 1.29 is 8.42 Å². The van der Waals surface area contributed by atoms with E-state index in [0.717, 1.165) is 25.2 Å². The van der Waals surface area contributed by atoms with Crippen LogP contribution in [0.1, 0.15) is 32.9 Å². The molecule has 1 aromatic rings. The van der Waals surface area contributed by atoms with E-state index in [9.17, 15) is 8.42 Å². The van der Waals surface area contributed by atoms with Crippen molar-refractivity contribution in [3.63, 3.8) is 0 Å². The predicted molar refractivity (Wildman–Crippen MR) is 85.4 cm³/mol. The van der Waals surface area contributed by atoms with Gasteiger partial charge in [0.05, 0.1) is 6.54 Å². The number of hydrogen-bond acceptors (Lipinski definition) is 3. The van der Waals surface area contributed by atoms with E-state index in [1.54, 1.807) is 12.3 Å². The molecule has 1 rings (SSSR count). The van der Waals surface area contributed by atoms with Crippen LogP contribution in [0, 0.1) is 12.3 Å². The van der Waals surface area contributed by atoms with Crippen molar-refractivity contribution in [2.75, 3.05) is 19.6 Å². The minimum atomic E-state index is -3.52. The highest BCUT2D eigenvalue weighted by atomic mass is 32.2. The number of sulfonamides is 1. The fraction of sp³-hybridized carbons (Fsp3) is 0.600. The molecule has 0 atom stereocenters. The zero-order chi connectivity index (χ0) is 15.9. The zero-order valence-electron chi connectivity index (χ0n) is 13.1. The molecule has 1 heterocycles. The van der Waals surface area contributed by atoms with Crippen molar-refractivity contribution in [3.05, 3.63) is 18.0 Å². The van der Waals surface area contributed by atoms with Gasteiger partial charge in [0.25, 0.3) is 0 Å². The van der Waals surface area contributed by atoms with E-state index < -0.39 is 10.0 Å². The van der Waals surface area contributed by atoms with E-state index in [1.165, 1.54) is 4.31 Å². The molecule has 0 saturated heterocycles. The van der Waals surface area contributed by atoms with Gasteiger partial charge in [-0.2, -0.15) is 4.31 Å². The molecule has 0 saturated carbocycles. The molecule has 1 aromatic heterocycles. The minimum absolute atomic E-state index is 0.107. The number of aryl methyl sites for hydroxylation is 1. The third kappa shape index (κ3) is 4.34. The van der Waals surface area contributed by atoms with Gasteiger partial charge in [-0.3, -0.25) is 0 Å². The Labute approximate surface area is 128 Å². The van der Waals surface area contributed by atoms with Crippen LogP contribution < -0.4 is 5.32 Å². The summed E-state index contributed by atoms with van der Waals surface area (Å²) in [5.41, 5.74) is 0.968. The maximum Gasteiger partial charge on any atom is 0.245 e. The largest absolute Gasteiger partial charge is 0.349 e. The lowest BCUT2D eigenvalue weighted by Gasteiger charge is -2.18. The number of nitrogens with zero attached hydrogens (tertiary/aromatic N) is 2. The SMILES string of the molecule is C#CCN(CCC)S(=O)(=O)c1cc(CNCC)n(CC)c1. The number of terminal acetylenes is 1. The van der Waals surface area contributed by atoms with Crippen LogP contribution in [-0.4, -0.2) is 36.9 Å². The fourth-order valence-electron chi connectivity index (χ4n) is 2.15. The van der Waals surface area contributed by atoms with Crippen molar-refractivity contribution in [2.24, 2.45) is 0 Å². The van der Waals surface area contributed by atoms with Crippen LogP contribution in [0.4, 0.5) is 0 Å². The molecule has 0 amide bonds. The Hall–Kier alpha value is -1.29. The predicted octanol–water partition coefficient (Wildman–Crippen LogP) is 1.65. The summed E-state index contributed by atoms with van der Waals surface area (Å²) in [4.78, 5) is 0.320. The Balaban J connectivity index is 3.12. The van der Waals surface area contributed by atoms with Crippen LogP contribution >= 0.6 is 0 Å². The van der Waals surface area contributed by atoms with E-state index in [-0.39, 0.29) is 6.54 Å². The monoisotopic (exact) mass is 311 g/mol. The number of aromatic nitrogens is 1. The maximum atomic E-state index is 12.7. The summed E-state index contributed by atoms with van der Waals surface area (Å²) in [5.74, 6) is 2.43. The van der Waals surface area contributed by atoms with Gasteiger partial charge in [0.15, 0.2) is 0 Å². The smallest absolute Gasteiger partial charge is 0.245 e. The third-order valence-electron chi connectivity index (χ3n) is 3.24. The number of rotatable bonds is 9. The Bertz CT molecular complexity index is 585. The Morgan fingerprint density at radius 3 is 2.62 bits per heavy atom. The molecule has 0 bridgehead atoms. The van der Waals surface area contributed by atoms with Gasteiger partial charge in [-0.1, -0.05) is 19.8 Å². The standard InChI is InChI=1S/C15H25N3O2S/c1-5-9-18(10-6-2)21(19,20)15-11-14(12-16-7-3)17(8-4)13-15/h1,11,13,16H,6-10,12H2,2-4H3. The zero-order valence-corrected chi connectivity index (χ0v) is 13.9. The molecule has 0 aliphatic rings. The van der Waals surface area contributed by atoms with Gasteiger partial charge in [-0.15, -0.1) is 6.42 Å². The molecule has 21 heavy (non-hydrogen) atoms. The summed E-state index contributed by atoms with van der Waals surface area (Å²) in [6.45, 7) is 8.73. The van der Waals surface area contributed by atoms with Gasteiger partial charge in [0, 0.05) is 31.5 Å². The van der Waals surface area contributed by atoms with Gasteiger partial charge in [0.1, 0.15) is 4.90 Å². The second-order valence-corrected chi connectivity index (χ2v) is 6.71. The molecule has 0 fully saturated rings. The number of hydrogen-bond donors (Lipinski definition) is 1. The van der Waals surface area contributed by atoms with Crippen LogP contribution in [0.15, 0.2) is 17.2 Å². The van der Waals surface area contributed by atoms with Crippen LogP contribution in [0.2, 0.25) is 0 Å². The Kier molecular flexibility index (Phi) is 6.96. The average molecular weight is 311 g/mol. The lowest BCUT2D eigenvalue weighted by atomic mass is 10.4. The summed E-state index contributed by atoms with van der Waals surface area (Å²) in [6.07, 6.45) is 7.72. The summed E-state index contributed by atoms with van der Waals surface area (Å²) < 4.78 is 28.6. The molecule has 0 radical (unpaired) electrons. The minimum Gasteiger partial charge on any atom is -0.349 e. The molecule has 6 heteroatoms. The molecular formula is C15H25N3O2S. The van der Waals surface area contributed by atoms with Gasteiger partial charge in [0.2, 0.25) is 10.0 Å². The van der Waals surface area contributed by atoms with Crippen LogP contribution in [0.25, 0.3) is 0 Å². The lowest BCUT2D eigenvalue weighted by molar-refractivity contribution is 0.445. The highest BCUT2D eigenvalue weighted by molar-refractivity contribution is 7.89. The van der Waals surface area contributed by atoms with E-state index in [2.05, 4.69) is 11.2 Å². The van der Waals surface area contributed by atoms with Crippen LogP contribution in [0.5, 0.6) is 0 Å². The van der Waals surface area contributed by atoms with Crippen LogP contribution in [-0.2, 0) is 23.1 Å². The van der Waals surface area contributed by atoms with Crippen molar-refractivity contribution >= 4 is 10.0 Å². The highest BCUT2D eigenvalue weighted by Gasteiger charge is 2.25. The van der Waals surface area contributed by atoms with Crippen molar-refractivity contribution in [1.82, 2.24) is 14.2 Å². The summed E-state index contributed by atoms with van der Waals surface area (Å²) in [5, 5.41) is 3.22.